The molecule has 1 aromatic carbocycles. The van der Waals surface area contributed by atoms with E-state index < -0.39 is 56.8 Å². The lowest BCUT2D eigenvalue weighted by Gasteiger charge is -2.33. The molecule has 0 atom stereocenters. The van der Waals surface area contributed by atoms with Crippen LogP contribution >= 0.6 is 23.2 Å². The minimum atomic E-state index is -4.02. The minimum Gasteiger partial charge on any atom is -0.466 e. The molecular formula is C40H54Cl2N2O14S. The summed E-state index contributed by atoms with van der Waals surface area (Å²) in [6.07, 6.45) is 1.88. The highest BCUT2D eigenvalue weighted by molar-refractivity contribution is 7.85. The summed E-state index contributed by atoms with van der Waals surface area (Å²) in [7, 11) is -4.02. The SMILES string of the molecule is C.CCOC(=O)CC(C(=O)OC(C)(C)C)(C(=O)OC(C)(C)C)C(=O)c1ccc(Cl)cn1.CCOC(=O)CCC(=O)c1ccc(Cl)cn1.Cc1ccc(S(=O)(=O)O)cc1.O. The zero-order valence-corrected chi connectivity index (χ0v) is 36.0. The van der Waals surface area contributed by atoms with Gasteiger partial charge in [-0.15, -0.1) is 0 Å². The summed E-state index contributed by atoms with van der Waals surface area (Å²) in [6, 6.07) is 11.7. The molecular weight excluding hydrogens is 835 g/mol. The number of esters is 4. The van der Waals surface area contributed by atoms with Gasteiger partial charge in [-0.1, -0.05) is 48.3 Å². The van der Waals surface area contributed by atoms with Crippen LogP contribution in [0.15, 0.2) is 65.8 Å². The fraction of sp³-hybridized carbons (Fsp3) is 0.450. The summed E-state index contributed by atoms with van der Waals surface area (Å²) < 4.78 is 49.9. The molecule has 19 heteroatoms. The van der Waals surface area contributed by atoms with Gasteiger partial charge in [0.2, 0.25) is 11.2 Å². The van der Waals surface area contributed by atoms with E-state index >= 15 is 0 Å². The van der Waals surface area contributed by atoms with Gasteiger partial charge in [0.1, 0.15) is 22.6 Å². The van der Waals surface area contributed by atoms with Crippen LogP contribution in [0.4, 0.5) is 0 Å². The van der Waals surface area contributed by atoms with Crippen LogP contribution in [0.25, 0.3) is 0 Å². The fourth-order valence-electron chi connectivity index (χ4n) is 4.21. The number of pyridine rings is 2. The van der Waals surface area contributed by atoms with Crippen LogP contribution in [0, 0.1) is 12.3 Å². The van der Waals surface area contributed by atoms with Crippen molar-refractivity contribution in [3.05, 3.63) is 87.9 Å². The van der Waals surface area contributed by atoms with Crippen LogP contribution in [-0.2, 0) is 48.2 Å². The number of aryl methyl sites for hydroxylation is 1. The average molecular weight is 890 g/mol. The number of nitrogens with zero attached hydrogens (tertiary/aromatic N) is 2. The molecule has 0 saturated heterocycles. The van der Waals surface area contributed by atoms with Crippen molar-refractivity contribution in [1.29, 1.82) is 0 Å². The number of hydrogen-bond donors (Lipinski definition) is 1. The Morgan fingerprint density at radius 3 is 1.47 bits per heavy atom. The predicted octanol–water partition coefficient (Wildman–Crippen LogP) is 6.85. The number of benzene rings is 1. The zero-order valence-electron chi connectivity index (χ0n) is 33.7. The van der Waals surface area contributed by atoms with E-state index in [1.807, 2.05) is 6.92 Å². The number of Topliss-reactive ketones (excluding diaryl/α,β-unsaturated/α-hetero) is 2. The topological polar surface area (TPSA) is 251 Å². The molecule has 328 valence electrons. The van der Waals surface area contributed by atoms with Gasteiger partial charge < -0.3 is 24.4 Å². The molecule has 16 nitrogen and oxygen atoms in total. The molecule has 0 aliphatic heterocycles. The van der Waals surface area contributed by atoms with Crippen LogP contribution in [0.1, 0.15) is 109 Å². The van der Waals surface area contributed by atoms with Crippen molar-refractivity contribution in [3.63, 3.8) is 0 Å². The first kappa shape index (κ1) is 56.3. The first-order chi connectivity index (χ1) is 26.2. The molecule has 0 aliphatic carbocycles. The first-order valence-electron chi connectivity index (χ1n) is 17.4. The summed E-state index contributed by atoms with van der Waals surface area (Å²) in [5, 5.41) is 0.721. The summed E-state index contributed by atoms with van der Waals surface area (Å²) >= 11 is 11.5. The van der Waals surface area contributed by atoms with E-state index in [2.05, 4.69) is 9.97 Å². The molecule has 3 rings (SSSR count). The maximum Gasteiger partial charge on any atom is 0.332 e. The number of rotatable bonds is 13. The van der Waals surface area contributed by atoms with Crippen LogP contribution in [-0.4, -0.2) is 88.3 Å². The van der Waals surface area contributed by atoms with Crippen LogP contribution < -0.4 is 0 Å². The Morgan fingerprint density at radius 1 is 0.678 bits per heavy atom. The second kappa shape index (κ2) is 25.0. The molecule has 0 fully saturated rings. The summed E-state index contributed by atoms with van der Waals surface area (Å²) in [4.78, 5) is 82.5. The number of hydrogen-bond acceptors (Lipinski definition) is 14. The molecule has 0 saturated carbocycles. The molecule has 3 aromatic rings. The molecule has 0 amide bonds. The van der Waals surface area contributed by atoms with E-state index in [-0.39, 0.29) is 59.7 Å². The Hall–Kier alpha value is -4.81. The van der Waals surface area contributed by atoms with E-state index in [1.54, 1.807) is 73.6 Å². The van der Waals surface area contributed by atoms with Gasteiger partial charge in [0.15, 0.2) is 5.78 Å². The molecule has 2 aromatic heterocycles. The zero-order chi connectivity index (χ0) is 43.8. The third-order valence-corrected chi connectivity index (χ3v) is 8.07. The van der Waals surface area contributed by atoms with Crippen molar-refractivity contribution in [2.24, 2.45) is 5.41 Å². The van der Waals surface area contributed by atoms with Gasteiger partial charge in [-0.2, -0.15) is 8.42 Å². The number of halogens is 2. The lowest BCUT2D eigenvalue weighted by molar-refractivity contribution is -0.184. The number of ketones is 2. The van der Waals surface area contributed by atoms with E-state index in [0.717, 1.165) is 5.56 Å². The number of ether oxygens (including phenoxy) is 4. The Balaban J connectivity index is 0. The predicted molar refractivity (Wildman–Crippen MR) is 220 cm³/mol. The van der Waals surface area contributed by atoms with Gasteiger partial charge >= 0.3 is 23.9 Å². The van der Waals surface area contributed by atoms with Crippen LogP contribution in [0.2, 0.25) is 10.0 Å². The second-order valence-corrected chi connectivity index (χ2v) is 16.3. The highest BCUT2D eigenvalue weighted by Crippen LogP contribution is 2.35. The third-order valence-electron chi connectivity index (χ3n) is 6.75. The summed E-state index contributed by atoms with van der Waals surface area (Å²) in [5.41, 5.74) is -3.71. The smallest absolute Gasteiger partial charge is 0.332 e. The highest BCUT2D eigenvalue weighted by Gasteiger charge is 2.59. The van der Waals surface area contributed by atoms with Gasteiger partial charge in [-0.25, -0.2) is 0 Å². The highest BCUT2D eigenvalue weighted by atomic mass is 35.5. The Kier molecular flexibility index (Phi) is 23.8. The van der Waals surface area contributed by atoms with Crippen molar-refractivity contribution in [2.45, 2.75) is 105 Å². The van der Waals surface area contributed by atoms with Gasteiger partial charge in [-0.3, -0.25) is 43.3 Å². The molecule has 0 radical (unpaired) electrons. The Bertz CT molecular complexity index is 1930. The minimum absolute atomic E-state index is 0. The number of aromatic nitrogens is 2. The van der Waals surface area contributed by atoms with Gasteiger partial charge in [0, 0.05) is 18.8 Å². The van der Waals surface area contributed by atoms with Crippen molar-refractivity contribution in [2.75, 3.05) is 13.2 Å². The molecule has 0 bridgehead atoms. The Morgan fingerprint density at radius 2 is 1.10 bits per heavy atom. The van der Waals surface area contributed by atoms with E-state index in [0.29, 0.717) is 17.3 Å². The lowest BCUT2D eigenvalue weighted by atomic mass is 9.78. The first-order valence-corrected chi connectivity index (χ1v) is 19.6. The molecule has 0 aliphatic rings. The van der Waals surface area contributed by atoms with Gasteiger partial charge in [-0.05, 0) is 98.7 Å². The average Bonchev–Trinajstić information content (AvgIpc) is 3.09. The quantitative estimate of drug-likeness (QED) is 0.0605. The maximum absolute atomic E-state index is 13.5. The van der Waals surface area contributed by atoms with Crippen LogP contribution in [0.3, 0.4) is 0 Å². The third kappa shape index (κ3) is 20.1. The van der Waals surface area contributed by atoms with E-state index in [9.17, 15) is 37.2 Å². The normalized spacial score (nSPS) is 11.0. The van der Waals surface area contributed by atoms with Crippen molar-refractivity contribution >= 4 is 68.8 Å². The maximum atomic E-state index is 13.5. The molecule has 2 heterocycles. The second-order valence-electron chi connectivity index (χ2n) is 14.0. The van der Waals surface area contributed by atoms with E-state index in [1.165, 1.54) is 42.7 Å². The standard InChI is InChI=1S/C21H28ClNO7.C11H12ClNO3.C7H8O3S.CH4.H2O/c1-8-28-15(24)11-21(17(26)29-19(2,3)4,18(27)30-20(5,6)7)16(25)14-10-9-13(22)12-23-14;1-2-16-11(15)6-5-10(14)9-4-3-8(12)7-13-9;1-6-2-4-7(5-3-6)11(8,9)10;;/h9-10,12H,8,11H2,1-7H3;3-4,7H,2,5-6H2,1H3;2-5H,1H3,(H,8,9,10);1H4;1H2. The molecule has 59 heavy (non-hydrogen) atoms. The van der Waals surface area contributed by atoms with Crippen LogP contribution in [0.5, 0.6) is 0 Å². The van der Waals surface area contributed by atoms with Crippen molar-refractivity contribution < 1.29 is 66.2 Å². The molecule has 0 unspecified atom stereocenters. The number of carbonyl (C=O) groups is 6. The Labute approximate surface area is 355 Å². The number of carbonyl (C=O) groups excluding carboxylic acids is 6. The van der Waals surface area contributed by atoms with Crippen molar-refractivity contribution in [3.8, 4) is 0 Å². The largest absolute Gasteiger partial charge is 0.466 e. The van der Waals surface area contributed by atoms with Gasteiger partial charge in [0.25, 0.3) is 10.1 Å². The van der Waals surface area contributed by atoms with Gasteiger partial charge in [0.05, 0.1) is 41.0 Å². The fourth-order valence-corrected chi connectivity index (χ4v) is 4.91. The van der Waals surface area contributed by atoms with Crippen molar-refractivity contribution in [1.82, 2.24) is 9.97 Å². The lowest BCUT2D eigenvalue weighted by Crippen LogP contribution is -2.53. The molecule has 0 spiro atoms. The monoisotopic (exact) mass is 888 g/mol. The van der Waals surface area contributed by atoms with E-state index in [4.69, 9.17) is 46.7 Å². The summed E-state index contributed by atoms with van der Waals surface area (Å²) in [5.74, 6) is -4.99. The summed E-state index contributed by atoms with van der Waals surface area (Å²) in [6.45, 7) is 14.9. The molecule has 3 N–H and O–H groups in total.